The summed E-state index contributed by atoms with van der Waals surface area (Å²) < 4.78 is 18.2. The summed E-state index contributed by atoms with van der Waals surface area (Å²) >= 11 is 6.14. The third kappa shape index (κ3) is 3.55. The topological polar surface area (TPSA) is 38.3 Å². The lowest BCUT2D eigenvalue weighted by Gasteiger charge is -2.35. The first-order chi connectivity index (χ1) is 9.97. The van der Waals surface area contributed by atoms with Crippen LogP contribution in [-0.4, -0.2) is 19.1 Å². The monoisotopic (exact) mass is 313 g/mol. The van der Waals surface area contributed by atoms with Crippen LogP contribution < -0.4 is 5.32 Å². The molecule has 0 amide bonds. The van der Waals surface area contributed by atoms with Crippen LogP contribution in [0.4, 0.5) is 4.39 Å². The van der Waals surface area contributed by atoms with Gasteiger partial charge in [0, 0.05) is 16.6 Å². The molecular weight excluding hydrogens is 293 g/mol. The summed E-state index contributed by atoms with van der Waals surface area (Å²) in [5, 5.41) is 3.61. The van der Waals surface area contributed by atoms with Gasteiger partial charge >= 0.3 is 5.97 Å². The Hall–Kier alpha value is -1.13. The van der Waals surface area contributed by atoms with E-state index in [0.717, 1.165) is 25.7 Å². The van der Waals surface area contributed by atoms with Crippen LogP contribution in [0.2, 0.25) is 5.02 Å². The molecule has 1 aliphatic carbocycles. The van der Waals surface area contributed by atoms with E-state index in [1.165, 1.54) is 25.7 Å². The number of methoxy groups -OCH3 is 1. The molecule has 0 spiro atoms. The van der Waals surface area contributed by atoms with Gasteiger partial charge in [0.2, 0.25) is 0 Å². The van der Waals surface area contributed by atoms with Crippen LogP contribution in [0.25, 0.3) is 0 Å². The fourth-order valence-corrected chi connectivity index (χ4v) is 3.36. The third-order valence-electron chi connectivity index (χ3n) is 4.16. The molecule has 0 radical (unpaired) electrons. The summed E-state index contributed by atoms with van der Waals surface area (Å²) in [6.07, 6.45) is 5.55. The Balaban J connectivity index is 2.33. The maximum atomic E-state index is 13.3. The van der Waals surface area contributed by atoms with Crippen LogP contribution in [0.1, 0.15) is 44.6 Å². The first-order valence-corrected chi connectivity index (χ1v) is 7.67. The molecule has 0 saturated heterocycles. The van der Waals surface area contributed by atoms with E-state index in [9.17, 15) is 9.18 Å². The molecule has 0 bridgehead atoms. The van der Waals surface area contributed by atoms with Crippen molar-refractivity contribution >= 4 is 17.6 Å². The van der Waals surface area contributed by atoms with Gasteiger partial charge in [0.15, 0.2) is 0 Å². The molecule has 1 aromatic carbocycles. The number of rotatable bonds is 4. The first kappa shape index (κ1) is 16.2. The minimum Gasteiger partial charge on any atom is -0.467 e. The van der Waals surface area contributed by atoms with Crippen molar-refractivity contribution in [1.82, 2.24) is 5.32 Å². The van der Waals surface area contributed by atoms with Crippen molar-refractivity contribution in [2.45, 2.75) is 50.6 Å². The predicted octanol–water partition coefficient (Wildman–Crippen LogP) is 3.79. The number of nitrogens with one attached hydrogen (secondary N) is 1. The normalized spacial score (nSPS) is 19.0. The van der Waals surface area contributed by atoms with Crippen molar-refractivity contribution in [1.29, 1.82) is 0 Å². The predicted molar refractivity (Wildman–Crippen MR) is 80.8 cm³/mol. The minimum atomic E-state index is -1.07. The average molecular weight is 314 g/mol. The Kier molecular flexibility index (Phi) is 5.22. The standard InChI is InChI=1S/C16H21ClFNO2/c1-16(15(20)21-2,19-12-6-4-3-5-7-12)13-9-8-11(18)10-14(13)17/h8-10,12,19H,3-7H2,1-2H3. The highest BCUT2D eigenvalue weighted by Crippen LogP contribution is 2.32. The Morgan fingerprint density at radius 3 is 2.62 bits per heavy atom. The van der Waals surface area contributed by atoms with E-state index in [2.05, 4.69) is 5.32 Å². The minimum absolute atomic E-state index is 0.228. The molecule has 116 valence electrons. The molecule has 1 fully saturated rings. The third-order valence-corrected chi connectivity index (χ3v) is 4.47. The van der Waals surface area contributed by atoms with Crippen LogP contribution in [0.15, 0.2) is 18.2 Å². The second-order valence-electron chi connectivity index (χ2n) is 5.72. The van der Waals surface area contributed by atoms with Crippen LogP contribution in [0.3, 0.4) is 0 Å². The highest BCUT2D eigenvalue weighted by molar-refractivity contribution is 6.31. The second-order valence-corrected chi connectivity index (χ2v) is 6.13. The second kappa shape index (κ2) is 6.75. The van der Waals surface area contributed by atoms with Gasteiger partial charge in [-0.15, -0.1) is 0 Å². The summed E-state index contributed by atoms with van der Waals surface area (Å²) in [5.74, 6) is -0.838. The zero-order chi connectivity index (χ0) is 15.5. The van der Waals surface area contributed by atoms with Crippen molar-refractivity contribution in [3.63, 3.8) is 0 Å². The van der Waals surface area contributed by atoms with Crippen molar-refractivity contribution in [2.24, 2.45) is 0 Å². The van der Waals surface area contributed by atoms with E-state index in [-0.39, 0.29) is 11.1 Å². The average Bonchev–Trinajstić information content (AvgIpc) is 2.47. The summed E-state index contributed by atoms with van der Waals surface area (Å²) in [4.78, 5) is 12.3. The molecule has 2 rings (SSSR count). The number of carbonyl (C=O) groups excluding carboxylic acids is 1. The van der Waals surface area contributed by atoms with E-state index < -0.39 is 17.3 Å². The first-order valence-electron chi connectivity index (χ1n) is 7.29. The lowest BCUT2D eigenvalue weighted by Crippen LogP contribution is -2.52. The molecule has 21 heavy (non-hydrogen) atoms. The molecule has 1 aliphatic rings. The van der Waals surface area contributed by atoms with Crippen LogP contribution in [0.5, 0.6) is 0 Å². The SMILES string of the molecule is COC(=O)C(C)(NC1CCCCC1)c1ccc(F)cc1Cl. The molecule has 1 saturated carbocycles. The maximum absolute atomic E-state index is 13.3. The lowest BCUT2D eigenvalue weighted by atomic mass is 9.87. The zero-order valence-corrected chi connectivity index (χ0v) is 13.2. The van der Waals surface area contributed by atoms with Gasteiger partial charge in [0.1, 0.15) is 11.4 Å². The van der Waals surface area contributed by atoms with E-state index in [4.69, 9.17) is 16.3 Å². The Bertz CT molecular complexity index is 517. The van der Waals surface area contributed by atoms with Crippen LogP contribution in [-0.2, 0) is 15.1 Å². The fourth-order valence-electron chi connectivity index (χ4n) is 3.00. The van der Waals surface area contributed by atoms with E-state index in [1.807, 2.05) is 0 Å². The molecule has 1 atom stereocenters. The highest BCUT2D eigenvalue weighted by Gasteiger charge is 2.40. The molecule has 0 heterocycles. The summed E-state index contributed by atoms with van der Waals surface area (Å²) in [6, 6.07) is 4.32. The van der Waals surface area contributed by atoms with Crippen LogP contribution in [0, 0.1) is 5.82 Å². The molecule has 1 unspecified atom stereocenters. The zero-order valence-electron chi connectivity index (χ0n) is 12.4. The number of ether oxygens (including phenoxy) is 1. The Labute approximate surface area is 129 Å². The fraction of sp³-hybridized carbons (Fsp3) is 0.562. The molecule has 1 N–H and O–H groups in total. The molecule has 5 heteroatoms. The van der Waals surface area contributed by atoms with Gasteiger partial charge in [0.05, 0.1) is 7.11 Å². The summed E-state index contributed by atoms with van der Waals surface area (Å²) in [7, 11) is 1.35. The molecule has 0 aliphatic heterocycles. The van der Waals surface area contributed by atoms with Gasteiger partial charge in [0.25, 0.3) is 0 Å². The maximum Gasteiger partial charge on any atom is 0.330 e. The van der Waals surface area contributed by atoms with E-state index in [0.29, 0.717) is 5.56 Å². The number of hydrogen-bond donors (Lipinski definition) is 1. The van der Waals surface area contributed by atoms with Gasteiger partial charge in [-0.3, -0.25) is 5.32 Å². The van der Waals surface area contributed by atoms with E-state index in [1.54, 1.807) is 13.0 Å². The smallest absolute Gasteiger partial charge is 0.330 e. The Morgan fingerprint density at radius 2 is 2.05 bits per heavy atom. The number of halogens is 2. The van der Waals surface area contributed by atoms with Crippen molar-refractivity contribution in [3.05, 3.63) is 34.6 Å². The van der Waals surface area contributed by atoms with Gasteiger partial charge in [-0.1, -0.05) is 36.9 Å². The largest absolute Gasteiger partial charge is 0.467 e. The van der Waals surface area contributed by atoms with Crippen LogP contribution >= 0.6 is 11.6 Å². The van der Waals surface area contributed by atoms with Gasteiger partial charge in [-0.2, -0.15) is 0 Å². The lowest BCUT2D eigenvalue weighted by molar-refractivity contribution is -0.148. The van der Waals surface area contributed by atoms with Gasteiger partial charge in [-0.25, -0.2) is 9.18 Å². The Morgan fingerprint density at radius 1 is 1.38 bits per heavy atom. The van der Waals surface area contributed by atoms with Crippen molar-refractivity contribution in [2.75, 3.05) is 7.11 Å². The van der Waals surface area contributed by atoms with Gasteiger partial charge < -0.3 is 4.74 Å². The van der Waals surface area contributed by atoms with E-state index >= 15 is 0 Å². The molecule has 3 nitrogen and oxygen atoms in total. The quantitative estimate of drug-likeness (QED) is 0.860. The summed E-state index contributed by atoms with van der Waals surface area (Å²) in [5.41, 5.74) is -0.523. The number of hydrogen-bond acceptors (Lipinski definition) is 3. The van der Waals surface area contributed by atoms with Crippen molar-refractivity contribution in [3.8, 4) is 0 Å². The molecule has 1 aromatic rings. The molecule has 0 aromatic heterocycles. The highest BCUT2D eigenvalue weighted by atomic mass is 35.5. The number of benzene rings is 1. The van der Waals surface area contributed by atoms with Gasteiger partial charge in [-0.05, 0) is 31.9 Å². The number of esters is 1. The van der Waals surface area contributed by atoms with Crippen molar-refractivity contribution < 1.29 is 13.9 Å². The number of carbonyl (C=O) groups is 1. The summed E-state index contributed by atoms with van der Waals surface area (Å²) in [6.45, 7) is 1.74. The molecular formula is C16H21ClFNO2.